The number of esters is 1. The summed E-state index contributed by atoms with van der Waals surface area (Å²) in [5.74, 6) is -0.392. The van der Waals surface area contributed by atoms with Gasteiger partial charge in [0.15, 0.2) is 0 Å². The average Bonchev–Trinajstić information content (AvgIpc) is 2.35. The first-order valence-corrected chi connectivity index (χ1v) is 6.70. The topological polar surface area (TPSA) is 66.8 Å². The van der Waals surface area contributed by atoms with Crippen molar-refractivity contribution in [2.24, 2.45) is 5.41 Å². The number of ether oxygens (including phenoxy) is 1. The van der Waals surface area contributed by atoms with Crippen molar-refractivity contribution >= 4 is 5.97 Å². The summed E-state index contributed by atoms with van der Waals surface area (Å²) in [4.78, 5) is 11.1. The number of aliphatic hydroxyl groups excluding tert-OH is 2. The molecule has 0 aromatic heterocycles. The third-order valence-corrected chi connectivity index (χ3v) is 3.74. The molecule has 4 nitrogen and oxygen atoms in total. The lowest BCUT2D eigenvalue weighted by molar-refractivity contribution is -0.134. The highest BCUT2D eigenvalue weighted by molar-refractivity contribution is 5.83. The van der Waals surface area contributed by atoms with Crippen LogP contribution >= 0.6 is 0 Å². The fourth-order valence-electron chi connectivity index (χ4n) is 2.59. The zero-order valence-corrected chi connectivity index (χ0v) is 12.8. The predicted octanol–water partition coefficient (Wildman–Crippen LogP) is 2.13. The van der Waals surface area contributed by atoms with E-state index in [4.69, 9.17) is 0 Å². The average molecular weight is 280 g/mol. The molecule has 0 aliphatic heterocycles. The molecule has 0 unspecified atom stereocenters. The molecule has 4 heteroatoms. The fraction of sp³-hybridized carbons (Fsp3) is 0.562. The van der Waals surface area contributed by atoms with Crippen LogP contribution < -0.4 is 0 Å². The van der Waals surface area contributed by atoms with Gasteiger partial charge in [-0.15, -0.1) is 0 Å². The molecule has 20 heavy (non-hydrogen) atoms. The van der Waals surface area contributed by atoms with Crippen LogP contribution in [0.2, 0.25) is 0 Å². The highest BCUT2D eigenvalue weighted by Crippen LogP contribution is 2.41. The Morgan fingerprint density at radius 1 is 1.40 bits per heavy atom. The summed E-state index contributed by atoms with van der Waals surface area (Å²) in [6.07, 6.45) is 4.08. The number of allylic oxidation sites excluding steroid dienone is 4. The van der Waals surface area contributed by atoms with Gasteiger partial charge in [-0.3, -0.25) is 0 Å². The Balaban J connectivity index is 3.05. The van der Waals surface area contributed by atoms with Crippen LogP contribution in [0.5, 0.6) is 0 Å². The molecule has 1 aliphatic rings. The van der Waals surface area contributed by atoms with E-state index in [2.05, 4.69) is 4.74 Å². The van der Waals surface area contributed by atoms with Crippen molar-refractivity contribution in [2.45, 2.75) is 46.3 Å². The Morgan fingerprint density at radius 3 is 2.55 bits per heavy atom. The third kappa shape index (κ3) is 3.81. The van der Waals surface area contributed by atoms with Crippen molar-refractivity contribution in [3.8, 4) is 0 Å². The van der Waals surface area contributed by atoms with E-state index in [9.17, 15) is 15.0 Å². The third-order valence-electron chi connectivity index (χ3n) is 3.74. The molecule has 2 atom stereocenters. The van der Waals surface area contributed by atoms with Gasteiger partial charge in [-0.2, -0.15) is 0 Å². The van der Waals surface area contributed by atoms with Crippen LogP contribution in [0.25, 0.3) is 0 Å². The molecule has 112 valence electrons. The summed E-state index contributed by atoms with van der Waals surface area (Å²) in [6, 6.07) is 0. The standard InChI is InChI=1S/C16H24O4/c1-10(8-14(18)20-5)6-7-12-11(2)15(19)13(17)9-16(12,3)4/h6-8,13,15,17,19H,9H2,1-5H3/b7-6+,10-8+/t13-,15-/m0/s1. The fourth-order valence-corrected chi connectivity index (χ4v) is 2.59. The Kier molecular flexibility index (Phi) is 5.31. The second-order valence-corrected chi connectivity index (χ2v) is 5.94. The van der Waals surface area contributed by atoms with Crippen LogP contribution in [0.4, 0.5) is 0 Å². The first-order chi connectivity index (χ1) is 9.19. The predicted molar refractivity (Wildman–Crippen MR) is 78.0 cm³/mol. The van der Waals surface area contributed by atoms with E-state index in [1.165, 1.54) is 13.2 Å². The second kappa shape index (κ2) is 6.37. The molecule has 0 saturated heterocycles. The maximum Gasteiger partial charge on any atom is 0.330 e. The van der Waals surface area contributed by atoms with Crippen LogP contribution in [-0.4, -0.2) is 35.5 Å². The van der Waals surface area contributed by atoms with E-state index in [0.717, 1.165) is 16.7 Å². The zero-order chi connectivity index (χ0) is 15.5. The Morgan fingerprint density at radius 2 is 2.00 bits per heavy atom. The van der Waals surface area contributed by atoms with E-state index in [1.54, 1.807) is 0 Å². The van der Waals surface area contributed by atoms with Crippen molar-refractivity contribution in [1.82, 2.24) is 0 Å². The molecule has 0 heterocycles. The number of rotatable bonds is 3. The molecule has 0 bridgehead atoms. The molecule has 0 saturated carbocycles. The number of methoxy groups -OCH3 is 1. The van der Waals surface area contributed by atoms with Gasteiger partial charge in [0.25, 0.3) is 0 Å². The van der Waals surface area contributed by atoms with Crippen molar-refractivity contribution in [3.63, 3.8) is 0 Å². The van der Waals surface area contributed by atoms with E-state index in [0.29, 0.717) is 6.42 Å². The molecule has 0 fully saturated rings. The summed E-state index contributed by atoms with van der Waals surface area (Å²) < 4.78 is 4.57. The number of hydrogen-bond acceptors (Lipinski definition) is 4. The minimum Gasteiger partial charge on any atom is -0.466 e. The minimum atomic E-state index is -0.826. The van der Waals surface area contributed by atoms with Crippen molar-refractivity contribution < 1.29 is 19.7 Å². The Bertz CT molecular complexity index is 469. The van der Waals surface area contributed by atoms with Gasteiger partial charge < -0.3 is 14.9 Å². The SMILES string of the molecule is COC(=O)/C=C(C)/C=C/C1=C(C)[C@H](O)[C@@H](O)CC1(C)C. The molecular weight excluding hydrogens is 256 g/mol. The number of aliphatic hydroxyl groups is 2. The summed E-state index contributed by atoms with van der Waals surface area (Å²) in [6.45, 7) is 7.70. The van der Waals surface area contributed by atoms with Gasteiger partial charge in [-0.25, -0.2) is 4.79 Å². The van der Waals surface area contributed by atoms with E-state index >= 15 is 0 Å². The summed E-state index contributed by atoms with van der Waals surface area (Å²) in [5, 5.41) is 19.8. The van der Waals surface area contributed by atoms with Gasteiger partial charge in [-0.1, -0.05) is 26.0 Å². The largest absolute Gasteiger partial charge is 0.466 e. The van der Waals surface area contributed by atoms with Crippen molar-refractivity contribution in [1.29, 1.82) is 0 Å². The van der Waals surface area contributed by atoms with Gasteiger partial charge in [-0.05, 0) is 42.4 Å². The first kappa shape index (κ1) is 16.7. The van der Waals surface area contributed by atoms with Crippen LogP contribution in [0, 0.1) is 5.41 Å². The molecule has 1 rings (SSSR count). The van der Waals surface area contributed by atoms with Gasteiger partial charge in [0.05, 0.1) is 13.2 Å². The normalized spacial score (nSPS) is 27.1. The Hall–Kier alpha value is -1.39. The number of carbonyl (C=O) groups excluding carboxylic acids is 1. The van der Waals surface area contributed by atoms with Gasteiger partial charge >= 0.3 is 5.97 Å². The van der Waals surface area contributed by atoms with Crippen molar-refractivity contribution in [3.05, 3.63) is 34.9 Å². The molecule has 0 spiro atoms. The second-order valence-electron chi connectivity index (χ2n) is 5.94. The molecule has 0 radical (unpaired) electrons. The van der Waals surface area contributed by atoms with Crippen LogP contribution in [-0.2, 0) is 9.53 Å². The van der Waals surface area contributed by atoms with E-state index in [-0.39, 0.29) is 5.41 Å². The molecule has 0 aromatic carbocycles. The van der Waals surface area contributed by atoms with E-state index < -0.39 is 18.2 Å². The summed E-state index contributed by atoms with van der Waals surface area (Å²) >= 11 is 0. The van der Waals surface area contributed by atoms with Gasteiger partial charge in [0, 0.05) is 6.08 Å². The lowest BCUT2D eigenvalue weighted by Crippen LogP contribution is -2.38. The van der Waals surface area contributed by atoms with Crippen LogP contribution in [0.1, 0.15) is 34.1 Å². The van der Waals surface area contributed by atoms with E-state index in [1.807, 2.05) is 39.8 Å². The molecular formula is C16H24O4. The summed E-state index contributed by atoms with van der Waals surface area (Å²) in [5.41, 5.74) is 2.32. The molecule has 0 aromatic rings. The summed E-state index contributed by atoms with van der Waals surface area (Å²) in [7, 11) is 1.34. The quantitative estimate of drug-likeness (QED) is 0.472. The van der Waals surface area contributed by atoms with Crippen LogP contribution in [0.3, 0.4) is 0 Å². The smallest absolute Gasteiger partial charge is 0.330 e. The van der Waals surface area contributed by atoms with Gasteiger partial charge in [0.2, 0.25) is 0 Å². The molecule has 0 amide bonds. The number of carbonyl (C=O) groups is 1. The number of hydrogen-bond donors (Lipinski definition) is 2. The minimum absolute atomic E-state index is 0.217. The molecule has 2 N–H and O–H groups in total. The van der Waals surface area contributed by atoms with Crippen LogP contribution in [0.15, 0.2) is 34.9 Å². The maximum atomic E-state index is 11.1. The van der Waals surface area contributed by atoms with Crippen molar-refractivity contribution in [2.75, 3.05) is 7.11 Å². The van der Waals surface area contributed by atoms with Gasteiger partial charge in [0.1, 0.15) is 6.10 Å². The highest BCUT2D eigenvalue weighted by Gasteiger charge is 2.36. The maximum absolute atomic E-state index is 11.1. The lowest BCUT2D eigenvalue weighted by Gasteiger charge is -2.38. The first-order valence-electron chi connectivity index (χ1n) is 6.70. The highest BCUT2D eigenvalue weighted by atomic mass is 16.5. The Labute approximate surface area is 120 Å². The zero-order valence-electron chi connectivity index (χ0n) is 12.8. The monoisotopic (exact) mass is 280 g/mol. The molecule has 1 aliphatic carbocycles. The lowest BCUT2D eigenvalue weighted by atomic mass is 9.70.